The molecule has 5 amide bonds. The van der Waals surface area contributed by atoms with E-state index in [1.165, 1.54) is 4.90 Å². The van der Waals surface area contributed by atoms with Gasteiger partial charge in [0.25, 0.3) is 11.8 Å². The molecule has 49 heavy (non-hydrogen) atoms. The molecule has 0 radical (unpaired) electrons. The van der Waals surface area contributed by atoms with Gasteiger partial charge in [0, 0.05) is 24.8 Å². The maximum atomic E-state index is 14.2. The summed E-state index contributed by atoms with van der Waals surface area (Å²) >= 11 is 0. The van der Waals surface area contributed by atoms with E-state index in [1.54, 1.807) is 52.8 Å². The van der Waals surface area contributed by atoms with Gasteiger partial charge in [-0.25, -0.2) is 18.4 Å². The van der Waals surface area contributed by atoms with E-state index in [-0.39, 0.29) is 19.1 Å². The zero-order valence-electron chi connectivity index (χ0n) is 29.2. The normalized spacial score (nSPS) is 21.5. The lowest BCUT2D eigenvalue weighted by Gasteiger charge is -2.36. The number of ether oxygens (including phenoxy) is 1. The van der Waals surface area contributed by atoms with Crippen molar-refractivity contribution in [1.82, 2.24) is 20.9 Å². The van der Waals surface area contributed by atoms with Gasteiger partial charge in [0.15, 0.2) is 0 Å². The van der Waals surface area contributed by atoms with E-state index in [0.29, 0.717) is 6.42 Å². The molecule has 1 heterocycles. The molecule has 6 atom stereocenters. The molecule has 12 nitrogen and oxygen atoms in total. The largest absolute Gasteiger partial charge is 0.459 e. The first kappa shape index (κ1) is 39.1. The van der Waals surface area contributed by atoms with Crippen LogP contribution in [0.5, 0.6) is 0 Å². The van der Waals surface area contributed by atoms with Crippen molar-refractivity contribution in [3.63, 3.8) is 0 Å². The standard InChI is InChI=1S/C35H49F2N5O7/c1-19(2)15-22-13-14-42(26(22)30(45)39-24(27(43)29(38)44)16-23-17-35(23,36)37)31(46)28(34(5,6)7)41-33(48)40-25(20(3)4)32(47)49-18-21-11-9-8-10-12-21/h8-12,15,20,22-26,28H,13-14,16-18H2,1-7H3,(H2,38,44)(H,39,45)(H2,40,41,48)/t22-,23?,24?,25+,26+,28-/m1/s1. The fraction of sp³-hybridized carbons (Fsp3) is 0.600. The van der Waals surface area contributed by atoms with E-state index in [0.717, 1.165) is 11.1 Å². The van der Waals surface area contributed by atoms with Crippen molar-refractivity contribution >= 4 is 35.5 Å². The van der Waals surface area contributed by atoms with Gasteiger partial charge in [-0.15, -0.1) is 0 Å². The summed E-state index contributed by atoms with van der Waals surface area (Å²) in [4.78, 5) is 80.0. The number of hydrogen-bond acceptors (Lipinski definition) is 7. The number of amides is 5. The molecule has 1 saturated heterocycles. The van der Waals surface area contributed by atoms with E-state index in [4.69, 9.17) is 10.5 Å². The van der Waals surface area contributed by atoms with Gasteiger partial charge in [-0.3, -0.25) is 19.2 Å². The second kappa shape index (κ2) is 15.9. The molecule has 2 fully saturated rings. The number of Topliss-reactive ketones (excluding diaryl/α,β-unsaturated/α-hetero) is 1. The number of carbonyl (C=O) groups excluding carboxylic acids is 6. The lowest BCUT2D eigenvalue weighted by Crippen LogP contribution is -2.61. The molecule has 0 bridgehead atoms. The number of esters is 1. The number of nitrogens with two attached hydrogens (primary N) is 1. The molecule has 0 spiro atoms. The molecule has 1 aliphatic carbocycles. The molecule has 1 saturated carbocycles. The number of nitrogens with one attached hydrogen (secondary N) is 3. The number of nitrogens with zero attached hydrogens (tertiary/aromatic N) is 1. The highest BCUT2D eigenvalue weighted by Crippen LogP contribution is 2.51. The number of likely N-dealkylation sites (tertiary alicyclic amines) is 1. The van der Waals surface area contributed by atoms with Crippen LogP contribution in [0.1, 0.15) is 73.3 Å². The van der Waals surface area contributed by atoms with E-state index in [1.807, 2.05) is 32.0 Å². The maximum absolute atomic E-state index is 14.2. The van der Waals surface area contributed by atoms with E-state index in [2.05, 4.69) is 16.0 Å². The van der Waals surface area contributed by atoms with Gasteiger partial charge in [-0.2, -0.15) is 0 Å². The summed E-state index contributed by atoms with van der Waals surface area (Å²) in [6, 6.07) is 3.25. The lowest BCUT2D eigenvalue weighted by atomic mass is 9.85. The van der Waals surface area contributed by atoms with Gasteiger partial charge in [0.1, 0.15) is 24.7 Å². The molecule has 14 heteroatoms. The second-order valence-corrected chi connectivity index (χ2v) is 14.6. The molecule has 3 rings (SSSR count). The summed E-state index contributed by atoms with van der Waals surface area (Å²) in [5, 5.41) is 7.74. The van der Waals surface area contributed by atoms with Crippen LogP contribution in [0.4, 0.5) is 13.6 Å². The van der Waals surface area contributed by atoms with Crippen LogP contribution in [0.2, 0.25) is 0 Å². The minimum atomic E-state index is -3.01. The molecular weight excluding hydrogens is 640 g/mol. The van der Waals surface area contributed by atoms with Crippen molar-refractivity contribution in [1.29, 1.82) is 0 Å². The molecule has 0 aromatic heterocycles. The van der Waals surface area contributed by atoms with Gasteiger partial charge in [0.05, 0.1) is 6.04 Å². The summed E-state index contributed by atoms with van der Waals surface area (Å²) < 4.78 is 32.9. The van der Waals surface area contributed by atoms with Crippen molar-refractivity contribution in [2.75, 3.05) is 6.54 Å². The summed E-state index contributed by atoms with van der Waals surface area (Å²) in [6.45, 7) is 12.4. The number of carbonyl (C=O) groups is 6. The van der Waals surface area contributed by atoms with E-state index < -0.39 is 95.7 Å². The van der Waals surface area contributed by atoms with Crippen LogP contribution in [-0.4, -0.2) is 77.0 Å². The Hall–Kier alpha value is -4.36. The predicted molar refractivity (Wildman–Crippen MR) is 177 cm³/mol. The van der Waals surface area contributed by atoms with Crippen molar-refractivity contribution in [2.24, 2.45) is 28.9 Å². The van der Waals surface area contributed by atoms with Crippen molar-refractivity contribution in [3.05, 3.63) is 47.5 Å². The fourth-order valence-corrected chi connectivity index (χ4v) is 5.92. The van der Waals surface area contributed by atoms with Crippen molar-refractivity contribution < 1.29 is 42.3 Å². The van der Waals surface area contributed by atoms with Crippen LogP contribution in [-0.2, 0) is 35.3 Å². The van der Waals surface area contributed by atoms with Crippen LogP contribution in [0.3, 0.4) is 0 Å². The third-order valence-electron chi connectivity index (χ3n) is 8.72. The molecule has 5 N–H and O–H groups in total. The number of allylic oxidation sites excluding steroid dienone is 1. The summed E-state index contributed by atoms with van der Waals surface area (Å²) in [5.41, 5.74) is 5.91. The predicted octanol–water partition coefficient (Wildman–Crippen LogP) is 3.24. The SMILES string of the molecule is CC(C)=C[C@H]1CCN(C(=O)[C@@H](NC(=O)N[C@H](C(=O)OCc2ccccc2)C(C)C)C(C)(C)C)[C@@H]1C(=O)NC(CC1CC1(F)F)C(=O)C(N)=O. The van der Waals surface area contributed by atoms with Gasteiger partial charge < -0.3 is 31.3 Å². The highest BCUT2D eigenvalue weighted by atomic mass is 19.3. The molecule has 1 aromatic carbocycles. The third kappa shape index (κ3) is 10.6. The second-order valence-electron chi connectivity index (χ2n) is 14.6. The average molecular weight is 690 g/mol. The van der Waals surface area contributed by atoms with Crippen LogP contribution < -0.4 is 21.7 Å². The summed E-state index contributed by atoms with van der Waals surface area (Å²) in [5.74, 6) is -9.74. The molecule has 2 unspecified atom stereocenters. The Balaban J connectivity index is 1.81. The van der Waals surface area contributed by atoms with Gasteiger partial charge in [-0.05, 0) is 43.6 Å². The zero-order valence-corrected chi connectivity index (χ0v) is 29.2. The first-order valence-electron chi connectivity index (χ1n) is 16.5. The van der Waals surface area contributed by atoms with Gasteiger partial charge >= 0.3 is 12.0 Å². The molecule has 1 aromatic rings. The fourth-order valence-electron chi connectivity index (χ4n) is 5.92. The topological polar surface area (TPSA) is 177 Å². The minimum Gasteiger partial charge on any atom is -0.459 e. The number of alkyl halides is 2. The average Bonchev–Trinajstić information content (AvgIpc) is 3.39. The number of rotatable bonds is 14. The van der Waals surface area contributed by atoms with Crippen LogP contribution in [0, 0.1) is 23.2 Å². The molecular formula is C35H49F2N5O7. The Kier molecular flexibility index (Phi) is 12.7. The number of primary amides is 1. The maximum Gasteiger partial charge on any atom is 0.329 e. The highest BCUT2D eigenvalue weighted by Gasteiger charge is 2.58. The first-order valence-corrected chi connectivity index (χ1v) is 16.5. The van der Waals surface area contributed by atoms with E-state index in [9.17, 15) is 37.5 Å². The Bertz CT molecular complexity index is 1440. The minimum absolute atomic E-state index is 0.00946. The number of urea groups is 1. The number of benzene rings is 1. The van der Waals surface area contributed by atoms with Crippen LogP contribution in [0.15, 0.2) is 42.0 Å². The summed E-state index contributed by atoms with van der Waals surface area (Å²) in [6.07, 6.45) is 1.20. The Morgan fingerprint density at radius 1 is 1.04 bits per heavy atom. The Morgan fingerprint density at radius 3 is 2.16 bits per heavy atom. The van der Waals surface area contributed by atoms with Crippen molar-refractivity contribution in [2.45, 2.75) is 104 Å². The third-order valence-corrected chi connectivity index (χ3v) is 8.72. The highest BCUT2D eigenvalue weighted by molar-refractivity contribution is 6.37. The molecule has 2 aliphatic rings. The molecule has 1 aliphatic heterocycles. The number of hydrogen-bond donors (Lipinski definition) is 4. The van der Waals surface area contributed by atoms with Crippen LogP contribution >= 0.6 is 0 Å². The van der Waals surface area contributed by atoms with Gasteiger partial charge in [0.2, 0.25) is 17.6 Å². The Labute approximate surface area is 285 Å². The van der Waals surface area contributed by atoms with Gasteiger partial charge in [-0.1, -0.05) is 76.6 Å². The van der Waals surface area contributed by atoms with Crippen molar-refractivity contribution in [3.8, 4) is 0 Å². The number of halogens is 2. The molecule has 270 valence electrons. The van der Waals surface area contributed by atoms with Crippen LogP contribution in [0.25, 0.3) is 0 Å². The lowest BCUT2D eigenvalue weighted by molar-refractivity contribution is -0.148. The quantitative estimate of drug-likeness (QED) is 0.132. The first-order chi connectivity index (χ1) is 22.7. The zero-order chi connectivity index (χ0) is 36.8. The summed E-state index contributed by atoms with van der Waals surface area (Å²) in [7, 11) is 0. The van der Waals surface area contributed by atoms with E-state index >= 15 is 0 Å². The monoisotopic (exact) mass is 689 g/mol. The smallest absolute Gasteiger partial charge is 0.329 e. The number of ketones is 1. The Morgan fingerprint density at radius 2 is 1.65 bits per heavy atom.